The Morgan fingerprint density at radius 2 is 2.21 bits per heavy atom. The molecular weight excluding hydrogens is 174 g/mol. The summed E-state index contributed by atoms with van der Waals surface area (Å²) in [7, 11) is 0. The highest BCUT2D eigenvalue weighted by Crippen LogP contribution is 2.20. The van der Waals surface area contributed by atoms with Crippen LogP contribution in [0.1, 0.15) is 25.5 Å². The molecule has 1 heterocycles. The van der Waals surface area contributed by atoms with Crippen molar-refractivity contribution in [3.63, 3.8) is 0 Å². The molecule has 0 saturated carbocycles. The lowest BCUT2D eigenvalue weighted by Gasteiger charge is -2.08. The second-order valence-corrected chi connectivity index (χ2v) is 3.53. The Hall–Kier alpha value is -1.82. The van der Waals surface area contributed by atoms with Crippen molar-refractivity contribution in [1.82, 2.24) is 9.55 Å². The summed E-state index contributed by atoms with van der Waals surface area (Å²) in [5, 5.41) is 8.97. The third-order valence-corrected chi connectivity index (χ3v) is 2.27. The van der Waals surface area contributed by atoms with Gasteiger partial charge in [-0.05, 0) is 26.0 Å². The van der Waals surface area contributed by atoms with Crippen molar-refractivity contribution in [2.24, 2.45) is 0 Å². The van der Waals surface area contributed by atoms with E-state index in [9.17, 15) is 0 Å². The van der Waals surface area contributed by atoms with Gasteiger partial charge in [-0.25, -0.2) is 4.98 Å². The third kappa shape index (κ3) is 1.16. The zero-order valence-corrected chi connectivity index (χ0v) is 8.23. The fraction of sp³-hybridized carbons (Fsp3) is 0.273. The molecule has 0 fully saturated rings. The van der Waals surface area contributed by atoms with E-state index in [0.29, 0.717) is 11.6 Å². The number of imidazole rings is 1. The first-order valence-electron chi connectivity index (χ1n) is 4.59. The van der Waals surface area contributed by atoms with Crippen LogP contribution in [0.5, 0.6) is 0 Å². The Bertz CT molecular complexity index is 503. The molecule has 0 aliphatic rings. The average molecular weight is 185 g/mol. The number of nitriles is 1. The molecule has 1 aromatic carbocycles. The van der Waals surface area contributed by atoms with E-state index in [-0.39, 0.29) is 0 Å². The Kier molecular flexibility index (Phi) is 1.97. The number of para-hydroxylation sites is 1. The molecule has 0 N–H and O–H groups in total. The van der Waals surface area contributed by atoms with Crippen LogP contribution in [0.25, 0.3) is 11.0 Å². The second-order valence-electron chi connectivity index (χ2n) is 3.53. The summed E-state index contributed by atoms with van der Waals surface area (Å²) in [5.74, 6) is 0. The number of fused-ring (bicyclic) bond motifs is 1. The van der Waals surface area contributed by atoms with Gasteiger partial charge in [-0.3, -0.25) is 0 Å². The van der Waals surface area contributed by atoms with Crippen molar-refractivity contribution in [3.8, 4) is 6.07 Å². The Morgan fingerprint density at radius 3 is 2.86 bits per heavy atom. The largest absolute Gasteiger partial charge is 0.327 e. The predicted molar refractivity (Wildman–Crippen MR) is 54.8 cm³/mol. The van der Waals surface area contributed by atoms with Crippen LogP contribution in [0, 0.1) is 11.3 Å². The Balaban J connectivity index is 2.83. The van der Waals surface area contributed by atoms with Crippen LogP contribution >= 0.6 is 0 Å². The molecule has 0 atom stereocenters. The van der Waals surface area contributed by atoms with Crippen molar-refractivity contribution in [1.29, 1.82) is 5.26 Å². The van der Waals surface area contributed by atoms with Crippen LogP contribution in [-0.2, 0) is 0 Å². The first-order chi connectivity index (χ1) is 6.74. The summed E-state index contributed by atoms with van der Waals surface area (Å²) in [4.78, 5) is 4.26. The molecule has 0 aliphatic heterocycles. The van der Waals surface area contributed by atoms with Gasteiger partial charge in [0.25, 0.3) is 0 Å². The molecule has 14 heavy (non-hydrogen) atoms. The zero-order chi connectivity index (χ0) is 10.1. The molecule has 0 amide bonds. The second kappa shape index (κ2) is 3.15. The van der Waals surface area contributed by atoms with Gasteiger partial charge in [0, 0.05) is 6.04 Å². The predicted octanol–water partition coefficient (Wildman–Crippen LogP) is 2.49. The third-order valence-electron chi connectivity index (χ3n) is 2.27. The number of hydrogen-bond donors (Lipinski definition) is 0. The first kappa shape index (κ1) is 8.76. The summed E-state index contributed by atoms with van der Waals surface area (Å²) >= 11 is 0. The van der Waals surface area contributed by atoms with E-state index in [1.807, 2.05) is 22.8 Å². The van der Waals surface area contributed by atoms with Gasteiger partial charge in [0.15, 0.2) is 0 Å². The molecule has 0 aliphatic carbocycles. The minimum atomic E-state index is 0.328. The molecule has 3 nitrogen and oxygen atoms in total. The fourth-order valence-electron chi connectivity index (χ4n) is 1.57. The maximum absolute atomic E-state index is 8.97. The van der Waals surface area contributed by atoms with Gasteiger partial charge in [0.05, 0.1) is 22.9 Å². The van der Waals surface area contributed by atoms with Crippen molar-refractivity contribution < 1.29 is 0 Å². The van der Waals surface area contributed by atoms with E-state index in [2.05, 4.69) is 24.9 Å². The highest BCUT2D eigenvalue weighted by Gasteiger charge is 2.08. The van der Waals surface area contributed by atoms with Crippen LogP contribution in [-0.4, -0.2) is 9.55 Å². The highest BCUT2D eigenvalue weighted by atomic mass is 15.1. The Labute approximate surface area is 82.6 Å². The molecule has 0 spiro atoms. The van der Waals surface area contributed by atoms with Crippen LogP contribution < -0.4 is 0 Å². The monoisotopic (exact) mass is 185 g/mol. The molecular formula is C11H11N3. The van der Waals surface area contributed by atoms with Crippen molar-refractivity contribution in [2.75, 3.05) is 0 Å². The summed E-state index contributed by atoms with van der Waals surface area (Å²) < 4.78 is 2.02. The summed E-state index contributed by atoms with van der Waals surface area (Å²) in [6.45, 7) is 4.16. The number of benzene rings is 1. The minimum Gasteiger partial charge on any atom is -0.327 e. The smallest absolute Gasteiger partial charge is 0.101 e. The first-order valence-corrected chi connectivity index (χ1v) is 4.59. The summed E-state index contributed by atoms with van der Waals surface area (Å²) in [6, 6.07) is 8.13. The minimum absolute atomic E-state index is 0.328. The van der Waals surface area contributed by atoms with Crippen molar-refractivity contribution in [2.45, 2.75) is 19.9 Å². The van der Waals surface area contributed by atoms with E-state index in [0.717, 1.165) is 11.0 Å². The lowest BCUT2D eigenvalue weighted by atomic mass is 10.2. The number of hydrogen-bond acceptors (Lipinski definition) is 2. The van der Waals surface area contributed by atoms with Crippen molar-refractivity contribution in [3.05, 3.63) is 30.1 Å². The van der Waals surface area contributed by atoms with Gasteiger partial charge in [-0.1, -0.05) is 6.07 Å². The molecule has 0 unspecified atom stereocenters. The zero-order valence-electron chi connectivity index (χ0n) is 8.23. The van der Waals surface area contributed by atoms with E-state index >= 15 is 0 Å². The van der Waals surface area contributed by atoms with Gasteiger partial charge in [0.2, 0.25) is 0 Å². The van der Waals surface area contributed by atoms with Gasteiger partial charge in [-0.15, -0.1) is 0 Å². The maximum Gasteiger partial charge on any atom is 0.101 e. The summed E-state index contributed by atoms with van der Waals surface area (Å²) in [5.41, 5.74) is 2.51. The summed E-state index contributed by atoms with van der Waals surface area (Å²) in [6.07, 6.45) is 1.79. The molecule has 3 heteroatoms. The Morgan fingerprint density at radius 1 is 1.43 bits per heavy atom. The van der Waals surface area contributed by atoms with Gasteiger partial charge >= 0.3 is 0 Å². The van der Waals surface area contributed by atoms with Gasteiger partial charge < -0.3 is 4.57 Å². The van der Waals surface area contributed by atoms with Gasteiger partial charge in [-0.2, -0.15) is 5.26 Å². The number of nitrogens with zero attached hydrogens (tertiary/aromatic N) is 3. The topological polar surface area (TPSA) is 41.6 Å². The molecule has 1 aromatic heterocycles. The maximum atomic E-state index is 8.97. The quantitative estimate of drug-likeness (QED) is 0.684. The van der Waals surface area contributed by atoms with E-state index in [1.165, 1.54) is 0 Å². The lowest BCUT2D eigenvalue weighted by Crippen LogP contribution is -1.99. The molecule has 2 aromatic rings. The highest BCUT2D eigenvalue weighted by molar-refractivity contribution is 5.81. The SMILES string of the molecule is CC(C)n1cnc2cccc(C#N)c21. The lowest BCUT2D eigenvalue weighted by molar-refractivity contribution is 0.617. The average Bonchev–Trinajstić information content (AvgIpc) is 2.60. The van der Waals surface area contributed by atoms with Crippen LogP contribution in [0.4, 0.5) is 0 Å². The number of rotatable bonds is 1. The van der Waals surface area contributed by atoms with Crippen molar-refractivity contribution >= 4 is 11.0 Å². The van der Waals surface area contributed by atoms with Crippen LogP contribution in [0.15, 0.2) is 24.5 Å². The molecule has 0 bridgehead atoms. The van der Waals surface area contributed by atoms with Gasteiger partial charge in [0.1, 0.15) is 6.07 Å². The van der Waals surface area contributed by atoms with E-state index in [4.69, 9.17) is 5.26 Å². The van der Waals surface area contributed by atoms with Crippen LogP contribution in [0.3, 0.4) is 0 Å². The molecule has 0 saturated heterocycles. The molecule has 70 valence electrons. The molecule has 0 radical (unpaired) electrons. The molecule has 2 rings (SSSR count). The van der Waals surface area contributed by atoms with E-state index in [1.54, 1.807) is 6.33 Å². The van der Waals surface area contributed by atoms with Crippen LogP contribution in [0.2, 0.25) is 0 Å². The standard InChI is InChI=1S/C11H11N3/c1-8(2)14-7-13-10-5-3-4-9(6-12)11(10)14/h3-5,7-8H,1-2H3. The normalized spacial score (nSPS) is 10.7. The van der Waals surface area contributed by atoms with E-state index < -0.39 is 0 Å². The fourth-order valence-corrected chi connectivity index (χ4v) is 1.57. The number of aromatic nitrogens is 2.